The van der Waals surface area contributed by atoms with Crippen LogP contribution >= 0.6 is 0 Å². The maximum absolute atomic E-state index is 4.35. The lowest BCUT2D eigenvalue weighted by Gasteiger charge is -2.23. The molecule has 2 rings (SSSR count). The molecule has 0 unspecified atom stereocenters. The molecule has 0 aliphatic heterocycles. The zero-order valence-electron chi connectivity index (χ0n) is 11.9. The van der Waals surface area contributed by atoms with Gasteiger partial charge in [-0.1, -0.05) is 57.2 Å². The third-order valence-corrected chi connectivity index (χ3v) is 3.44. The van der Waals surface area contributed by atoms with Crippen molar-refractivity contribution < 1.29 is 0 Å². The van der Waals surface area contributed by atoms with Crippen molar-refractivity contribution in [3.8, 4) is 0 Å². The average molecular weight is 239 g/mol. The summed E-state index contributed by atoms with van der Waals surface area (Å²) in [6.07, 6.45) is 0. The number of nitrogens with zero attached hydrogens (tertiary/aromatic N) is 1. The van der Waals surface area contributed by atoms with Gasteiger partial charge in [0.05, 0.1) is 0 Å². The fourth-order valence-corrected chi connectivity index (χ4v) is 2.39. The second-order valence-corrected chi connectivity index (χ2v) is 5.77. The lowest BCUT2D eigenvalue weighted by Crippen LogP contribution is -2.13. The van der Waals surface area contributed by atoms with Crippen LogP contribution in [0.25, 0.3) is 10.8 Å². The van der Waals surface area contributed by atoms with Crippen LogP contribution in [0.1, 0.15) is 38.8 Å². The van der Waals surface area contributed by atoms with Gasteiger partial charge in [-0.05, 0) is 28.7 Å². The summed E-state index contributed by atoms with van der Waals surface area (Å²) in [6, 6.07) is 13.0. The van der Waals surface area contributed by atoms with Crippen molar-refractivity contribution in [1.82, 2.24) is 0 Å². The molecular weight excluding hydrogens is 218 g/mol. The van der Waals surface area contributed by atoms with Gasteiger partial charge in [0, 0.05) is 18.3 Å². The van der Waals surface area contributed by atoms with E-state index in [9.17, 15) is 0 Å². The largest absolute Gasteiger partial charge is 0.293 e. The Morgan fingerprint density at radius 3 is 2.17 bits per heavy atom. The van der Waals surface area contributed by atoms with Crippen molar-refractivity contribution in [2.24, 2.45) is 4.99 Å². The van der Waals surface area contributed by atoms with Gasteiger partial charge in [0.1, 0.15) is 0 Å². The monoisotopic (exact) mass is 239 g/mol. The van der Waals surface area contributed by atoms with Crippen molar-refractivity contribution in [2.75, 3.05) is 7.05 Å². The van der Waals surface area contributed by atoms with Gasteiger partial charge in [-0.25, -0.2) is 0 Å². The average Bonchev–Trinajstić information content (AvgIpc) is 2.35. The zero-order chi connectivity index (χ0) is 13.3. The van der Waals surface area contributed by atoms with Crippen molar-refractivity contribution in [2.45, 2.75) is 33.1 Å². The first-order valence-electron chi connectivity index (χ1n) is 6.41. The Bertz CT molecular complexity index is 595. The molecule has 0 heterocycles. The molecular formula is C17H21N. The second kappa shape index (κ2) is 4.56. The maximum atomic E-state index is 4.35. The Balaban J connectivity index is 2.89. The van der Waals surface area contributed by atoms with Gasteiger partial charge in [0.2, 0.25) is 0 Å². The SMILES string of the molecule is CN=C(C)c1cccc2cccc(C(C)(C)C)c12. The lowest BCUT2D eigenvalue weighted by molar-refractivity contribution is 0.596. The molecule has 0 bridgehead atoms. The third kappa shape index (κ3) is 2.17. The van der Waals surface area contributed by atoms with Crippen LogP contribution in [-0.4, -0.2) is 12.8 Å². The van der Waals surface area contributed by atoms with Gasteiger partial charge in [-0.2, -0.15) is 0 Å². The predicted octanol–water partition coefficient (Wildman–Crippen LogP) is 4.58. The quantitative estimate of drug-likeness (QED) is 0.646. The normalized spacial score (nSPS) is 13.1. The molecule has 0 saturated carbocycles. The van der Waals surface area contributed by atoms with E-state index in [1.807, 2.05) is 7.05 Å². The first-order chi connectivity index (χ1) is 8.45. The summed E-state index contributed by atoms with van der Waals surface area (Å²) in [5.74, 6) is 0. The summed E-state index contributed by atoms with van der Waals surface area (Å²) in [4.78, 5) is 4.35. The standard InChI is InChI=1S/C17H21N/c1-12(18-5)14-10-6-8-13-9-7-11-15(16(13)14)17(2,3)4/h6-11H,1-5H3. The molecule has 0 spiro atoms. The highest BCUT2D eigenvalue weighted by Gasteiger charge is 2.18. The summed E-state index contributed by atoms with van der Waals surface area (Å²) in [5.41, 5.74) is 3.88. The van der Waals surface area contributed by atoms with E-state index in [4.69, 9.17) is 0 Å². The molecule has 2 aromatic carbocycles. The van der Waals surface area contributed by atoms with Gasteiger partial charge < -0.3 is 0 Å². The van der Waals surface area contributed by atoms with Crippen molar-refractivity contribution in [3.05, 3.63) is 47.5 Å². The molecule has 18 heavy (non-hydrogen) atoms. The third-order valence-electron chi connectivity index (χ3n) is 3.44. The molecule has 94 valence electrons. The van der Waals surface area contributed by atoms with E-state index in [1.165, 1.54) is 21.9 Å². The number of fused-ring (bicyclic) bond motifs is 1. The number of hydrogen-bond acceptors (Lipinski definition) is 1. The van der Waals surface area contributed by atoms with Gasteiger partial charge in [-0.3, -0.25) is 4.99 Å². The number of hydrogen-bond donors (Lipinski definition) is 0. The Kier molecular flexibility index (Phi) is 3.25. The molecule has 0 radical (unpaired) electrons. The molecule has 0 atom stereocenters. The van der Waals surface area contributed by atoms with Crippen LogP contribution in [0, 0.1) is 0 Å². The molecule has 2 aromatic rings. The number of aliphatic imine (C=N–C) groups is 1. The highest BCUT2D eigenvalue weighted by molar-refractivity contribution is 6.11. The maximum Gasteiger partial charge on any atom is 0.0392 e. The fourth-order valence-electron chi connectivity index (χ4n) is 2.39. The summed E-state index contributed by atoms with van der Waals surface area (Å²) in [7, 11) is 1.86. The van der Waals surface area contributed by atoms with Crippen LogP contribution < -0.4 is 0 Å². The van der Waals surface area contributed by atoms with Crippen LogP contribution in [0.15, 0.2) is 41.4 Å². The van der Waals surface area contributed by atoms with Crippen LogP contribution in [0.4, 0.5) is 0 Å². The zero-order valence-corrected chi connectivity index (χ0v) is 11.9. The molecule has 1 heteroatoms. The Hall–Kier alpha value is -1.63. The highest BCUT2D eigenvalue weighted by atomic mass is 14.7. The van der Waals surface area contributed by atoms with Crippen molar-refractivity contribution in [3.63, 3.8) is 0 Å². The predicted molar refractivity (Wildman–Crippen MR) is 80.8 cm³/mol. The first kappa shape index (κ1) is 12.8. The van der Waals surface area contributed by atoms with Crippen LogP contribution in [0.3, 0.4) is 0 Å². The summed E-state index contributed by atoms with van der Waals surface area (Å²) in [6.45, 7) is 8.86. The van der Waals surface area contributed by atoms with E-state index in [0.29, 0.717) is 0 Å². The van der Waals surface area contributed by atoms with E-state index < -0.39 is 0 Å². The first-order valence-corrected chi connectivity index (χ1v) is 6.41. The topological polar surface area (TPSA) is 12.4 Å². The minimum Gasteiger partial charge on any atom is -0.293 e. The van der Waals surface area contributed by atoms with Crippen LogP contribution in [0.2, 0.25) is 0 Å². The molecule has 0 aliphatic carbocycles. The molecule has 0 aromatic heterocycles. The molecule has 0 N–H and O–H groups in total. The smallest absolute Gasteiger partial charge is 0.0392 e. The molecule has 0 aliphatic rings. The summed E-state index contributed by atoms with van der Waals surface area (Å²) < 4.78 is 0. The van der Waals surface area contributed by atoms with E-state index in [0.717, 1.165) is 5.71 Å². The van der Waals surface area contributed by atoms with Gasteiger partial charge >= 0.3 is 0 Å². The highest BCUT2D eigenvalue weighted by Crippen LogP contribution is 2.32. The van der Waals surface area contributed by atoms with Gasteiger partial charge in [0.25, 0.3) is 0 Å². The van der Waals surface area contributed by atoms with Crippen molar-refractivity contribution in [1.29, 1.82) is 0 Å². The minimum absolute atomic E-state index is 0.142. The minimum atomic E-state index is 0.142. The van der Waals surface area contributed by atoms with E-state index in [-0.39, 0.29) is 5.41 Å². The number of benzene rings is 2. The van der Waals surface area contributed by atoms with E-state index in [1.54, 1.807) is 0 Å². The van der Waals surface area contributed by atoms with Gasteiger partial charge in [-0.15, -0.1) is 0 Å². The molecule has 0 amide bonds. The van der Waals surface area contributed by atoms with E-state index >= 15 is 0 Å². The fraction of sp³-hybridized carbons (Fsp3) is 0.353. The Morgan fingerprint density at radius 2 is 1.61 bits per heavy atom. The Morgan fingerprint density at radius 1 is 1.00 bits per heavy atom. The Labute approximate surface area is 110 Å². The van der Waals surface area contributed by atoms with Crippen LogP contribution in [0.5, 0.6) is 0 Å². The molecule has 0 saturated heterocycles. The molecule has 1 nitrogen and oxygen atoms in total. The van der Waals surface area contributed by atoms with Crippen molar-refractivity contribution >= 4 is 16.5 Å². The molecule has 0 fully saturated rings. The second-order valence-electron chi connectivity index (χ2n) is 5.77. The lowest BCUT2D eigenvalue weighted by atomic mass is 9.82. The van der Waals surface area contributed by atoms with E-state index in [2.05, 4.69) is 69.1 Å². The summed E-state index contributed by atoms with van der Waals surface area (Å²) in [5, 5.41) is 2.64. The number of rotatable bonds is 1. The van der Waals surface area contributed by atoms with Crippen LogP contribution in [-0.2, 0) is 5.41 Å². The summed E-state index contributed by atoms with van der Waals surface area (Å²) >= 11 is 0. The van der Waals surface area contributed by atoms with Gasteiger partial charge in [0.15, 0.2) is 0 Å².